The van der Waals surface area contributed by atoms with E-state index in [1.165, 1.54) is 5.56 Å². The fourth-order valence-electron chi connectivity index (χ4n) is 2.80. The van der Waals surface area contributed by atoms with Crippen LogP contribution in [0.5, 0.6) is 11.5 Å². The van der Waals surface area contributed by atoms with Crippen molar-refractivity contribution in [2.45, 2.75) is 26.5 Å². The average Bonchev–Trinajstić information content (AvgIpc) is 2.72. The van der Waals surface area contributed by atoms with Crippen LogP contribution < -0.4 is 14.8 Å². The summed E-state index contributed by atoms with van der Waals surface area (Å²) in [5.74, 6) is 1.36. The Morgan fingerprint density at radius 2 is 1.61 bits per heavy atom. The maximum Gasteiger partial charge on any atom is 0.161 e. The Hall–Kier alpha value is -2.36. The first-order chi connectivity index (χ1) is 13.6. The largest absolute Gasteiger partial charge is 0.493 e. The maximum atomic E-state index is 6.21. The van der Waals surface area contributed by atoms with Gasteiger partial charge in [0.25, 0.3) is 0 Å². The van der Waals surface area contributed by atoms with E-state index >= 15 is 0 Å². The van der Waals surface area contributed by atoms with Gasteiger partial charge in [-0.05, 0) is 53.9 Å². The minimum Gasteiger partial charge on any atom is -0.493 e. The second kappa shape index (κ2) is 9.72. The van der Waals surface area contributed by atoms with Gasteiger partial charge in [0.2, 0.25) is 0 Å². The van der Waals surface area contributed by atoms with Crippen molar-refractivity contribution < 1.29 is 9.47 Å². The molecule has 1 N–H and O–H groups in total. The van der Waals surface area contributed by atoms with Crippen LogP contribution in [-0.4, -0.2) is 7.11 Å². The lowest BCUT2D eigenvalue weighted by molar-refractivity contribution is 0.284. The molecule has 0 aliphatic rings. The normalized spacial score (nSPS) is 10.6. The third-order valence-electron chi connectivity index (χ3n) is 4.49. The number of anilines is 1. The highest BCUT2D eigenvalue weighted by Gasteiger charge is 2.08. The minimum absolute atomic E-state index is 0.341. The number of methoxy groups -OCH3 is 1. The molecule has 0 spiro atoms. The van der Waals surface area contributed by atoms with E-state index < -0.39 is 0 Å². The van der Waals surface area contributed by atoms with Crippen LogP contribution in [0.1, 0.15) is 23.6 Å². The highest BCUT2D eigenvalue weighted by atomic mass is 35.5. The standard InChI is InChI=1S/C23H23Cl2NO2/c1-3-16-4-9-20(10-5-16)26-14-17-6-11-22(23(12-17)27-2)28-15-18-7-8-19(24)13-21(18)25/h4-13,26H,3,14-15H2,1-2H3. The van der Waals surface area contributed by atoms with E-state index in [-0.39, 0.29) is 0 Å². The fourth-order valence-corrected chi connectivity index (χ4v) is 3.26. The molecule has 0 aliphatic heterocycles. The molecule has 0 saturated carbocycles. The Bertz CT molecular complexity index is 926. The van der Waals surface area contributed by atoms with E-state index in [1.54, 1.807) is 19.2 Å². The van der Waals surface area contributed by atoms with E-state index in [1.807, 2.05) is 24.3 Å². The second-order valence-electron chi connectivity index (χ2n) is 6.41. The summed E-state index contributed by atoms with van der Waals surface area (Å²) in [6.07, 6.45) is 1.04. The maximum absolute atomic E-state index is 6.21. The van der Waals surface area contributed by atoms with Gasteiger partial charge in [-0.15, -0.1) is 0 Å². The van der Waals surface area contributed by atoms with Crippen molar-refractivity contribution in [3.05, 3.63) is 87.4 Å². The quantitative estimate of drug-likeness (QED) is 0.440. The molecule has 0 bridgehead atoms. The third-order valence-corrected chi connectivity index (χ3v) is 5.07. The molecule has 28 heavy (non-hydrogen) atoms. The number of halogens is 2. The third kappa shape index (κ3) is 5.34. The number of ether oxygens (including phenoxy) is 2. The van der Waals surface area contributed by atoms with Crippen LogP contribution in [0.25, 0.3) is 0 Å². The summed E-state index contributed by atoms with van der Waals surface area (Å²) >= 11 is 12.1. The molecule has 0 aliphatic carbocycles. The number of hydrogen-bond acceptors (Lipinski definition) is 3. The Morgan fingerprint density at radius 1 is 0.857 bits per heavy atom. The SMILES string of the molecule is CCc1ccc(NCc2ccc(OCc3ccc(Cl)cc3Cl)c(OC)c2)cc1. The molecule has 0 heterocycles. The summed E-state index contributed by atoms with van der Waals surface area (Å²) in [5.41, 5.74) is 4.39. The fraction of sp³-hybridized carbons (Fsp3) is 0.217. The van der Waals surface area contributed by atoms with Crippen molar-refractivity contribution in [2.24, 2.45) is 0 Å². The van der Waals surface area contributed by atoms with Crippen LogP contribution in [0.2, 0.25) is 10.0 Å². The molecule has 0 atom stereocenters. The van der Waals surface area contributed by atoms with Crippen LogP contribution in [0, 0.1) is 0 Å². The zero-order valence-corrected chi connectivity index (χ0v) is 17.5. The summed E-state index contributed by atoms with van der Waals surface area (Å²) in [7, 11) is 1.64. The molecule has 0 radical (unpaired) electrons. The Labute approximate surface area is 176 Å². The Morgan fingerprint density at radius 3 is 2.29 bits per heavy atom. The monoisotopic (exact) mass is 415 g/mol. The summed E-state index contributed by atoms with van der Waals surface area (Å²) in [6.45, 7) is 3.19. The van der Waals surface area contributed by atoms with Crippen molar-refractivity contribution >= 4 is 28.9 Å². The van der Waals surface area contributed by atoms with Crippen LogP contribution in [-0.2, 0) is 19.6 Å². The number of aryl methyl sites for hydroxylation is 1. The van der Waals surface area contributed by atoms with Gasteiger partial charge in [0, 0.05) is 27.8 Å². The second-order valence-corrected chi connectivity index (χ2v) is 7.26. The first-order valence-corrected chi connectivity index (χ1v) is 9.91. The lowest BCUT2D eigenvalue weighted by Crippen LogP contribution is -2.02. The van der Waals surface area contributed by atoms with Gasteiger partial charge in [0.1, 0.15) is 6.61 Å². The van der Waals surface area contributed by atoms with Gasteiger partial charge in [-0.25, -0.2) is 0 Å². The summed E-state index contributed by atoms with van der Waals surface area (Å²) < 4.78 is 11.4. The number of nitrogens with one attached hydrogen (secondary N) is 1. The summed E-state index contributed by atoms with van der Waals surface area (Å²) in [6, 6.07) is 19.8. The highest BCUT2D eigenvalue weighted by molar-refractivity contribution is 6.35. The van der Waals surface area contributed by atoms with Crippen LogP contribution >= 0.6 is 23.2 Å². The molecule has 3 nitrogen and oxygen atoms in total. The summed E-state index contributed by atoms with van der Waals surface area (Å²) in [5, 5.41) is 4.62. The zero-order chi connectivity index (χ0) is 19.9. The van der Waals surface area contributed by atoms with Gasteiger partial charge in [0.15, 0.2) is 11.5 Å². The molecular formula is C23H23Cl2NO2. The first-order valence-electron chi connectivity index (χ1n) is 9.15. The molecule has 3 aromatic rings. The van der Waals surface area contributed by atoms with Crippen molar-refractivity contribution in [1.29, 1.82) is 0 Å². The Balaban J connectivity index is 1.64. The molecule has 3 rings (SSSR count). The predicted octanol–water partition coefficient (Wildman–Crippen LogP) is 6.76. The number of rotatable bonds is 8. The van der Waals surface area contributed by atoms with Crippen molar-refractivity contribution in [2.75, 3.05) is 12.4 Å². The van der Waals surface area contributed by atoms with E-state index in [0.717, 1.165) is 23.2 Å². The van der Waals surface area contributed by atoms with E-state index in [4.69, 9.17) is 32.7 Å². The first kappa shape index (κ1) is 20.4. The van der Waals surface area contributed by atoms with Crippen molar-refractivity contribution in [3.63, 3.8) is 0 Å². The van der Waals surface area contributed by atoms with Crippen molar-refractivity contribution in [3.8, 4) is 11.5 Å². The summed E-state index contributed by atoms with van der Waals surface area (Å²) in [4.78, 5) is 0. The van der Waals surface area contributed by atoms with Crippen LogP contribution in [0.3, 0.4) is 0 Å². The van der Waals surface area contributed by atoms with E-state index in [9.17, 15) is 0 Å². The minimum atomic E-state index is 0.341. The lowest BCUT2D eigenvalue weighted by atomic mass is 10.1. The topological polar surface area (TPSA) is 30.5 Å². The average molecular weight is 416 g/mol. The zero-order valence-electron chi connectivity index (χ0n) is 16.0. The predicted molar refractivity (Wildman–Crippen MR) is 117 cm³/mol. The van der Waals surface area contributed by atoms with Gasteiger partial charge in [0.05, 0.1) is 7.11 Å². The van der Waals surface area contributed by atoms with Gasteiger partial charge in [-0.2, -0.15) is 0 Å². The molecular weight excluding hydrogens is 393 g/mol. The van der Waals surface area contributed by atoms with Gasteiger partial charge >= 0.3 is 0 Å². The molecule has 3 aromatic carbocycles. The van der Waals surface area contributed by atoms with Crippen molar-refractivity contribution in [1.82, 2.24) is 0 Å². The molecule has 0 fully saturated rings. The van der Waals surface area contributed by atoms with Gasteiger partial charge in [-0.3, -0.25) is 0 Å². The molecule has 146 valence electrons. The van der Waals surface area contributed by atoms with E-state index in [2.05, 4.69) is 36.5 Å². The smallest absolute Gasteiger partial charge is 0.161 e. The molecule has 0 amide bonds. The molecule has 0 aromatic heterocycles. The van der Waals surface area contributed by atoms with Gasteiger partial charge < -0.3 is 14.8 Å². The highest BCUT2D eigenvalue weighted by Crippen LogP contribution is 2.30. The Kier molecular flexibility index (Phi) is 7.07. The lowest BCUT2D eigenvalue weighted by Gasteiger charge is -2.14. The molecule has 0 saturated heterocycles. The van der Waals surface area contributed by atoms with Crippen LogP contribution in [0.4, 0.5) is 5.69 Å². The van der Waals surface area contributed by atoms with Gasteiger partial charge in [-0.1, -0.05) is 54.4 Å². The molecule has 0 unspecified atom stereocenters. The number of hydrogen-bond donors (Lipinski definition) is 1. The molecule has 5 heteroatoms. The van der Waals surface area contributed by atoms with Crippen LogP contribution in [0.15, 0.2) is 60.7 Å². The number of benzene rings is 3. The van der Waals surface area contributed by atoms with E-state index in [0.29, 0.717) is 34.7 Å².